The molecule has 0 saturated heterocycles. The highest BCUT2D eigenvalue weighted by atomic mass is 15.0. The van der Waals surface area contributed by atoms with Crippen LogP contribution in [0.2, 0.25) is 0 Å². The van der Waals surface area contributed by atoms with Crippen molar-refractivity contribution in [1.29, 1.82) is 0 Å². The van der Waals surface area contributed by atoms with E-state index in [4.69, 9.17) is 5.73 Å². The summed E-state index contributed by atoms with van der Waals surface area (Å²) in [4.78, 5) is 2.19. The van der Waals surface area contributed by atoms with Crippen molar-refractivity contribution in [3.8, 4) is 0 Å². The predicted octanol–water partition coefficient (Wildman–Crippen LogP) is 1.95. The molecule has 76 valence electrons. The van der Waals surface area contributed by atoms with Crippen molar-refractivity contribution in [1.82, 2.24) is 4.90 Å². The first-order chi connectivity index (χ1) is 5.48. The van der Waals surface area contributed by atoms with Gasteiger partial charge in [0.2, 0.25) is 0 Å². The summed E-state index contributed by atoms with van der Waals surface area (Å²) in [6.07, 6.45) is 1.18. The third-order valence-electron chi connectivity index (χ3n) is 1.79. The number of nitrogens with two attached hydrogens (primary N) is 1. The third kappa shape index (κ3) is 9.92. The summed E-state index contributed by atoms with van der Waals surface area (Å²) in [6, 6.07) is 0. The van der Waals surface area contributed by atoms with Gasteiger partial charge in [0.15, 0.2) is 0 Å². The highest BCUT2D eigenvalue weighted by Gasteiger charge is 2.14. The molecule has 0 heterocycles. The second-order valence-corrected chi connectivity index (χ2v) is 3.92. The molecule has 0 amide bonds. The zero-order valence-electron chi connectivity index (χ0n) is 9.65. The average Bonchev–Trinajstić information content (AvgIpc) is 2.05. The van der Waals surface area contributed by atoms with E-state index < -0.39 is 0 Å². The molecule has 12 heavy (non-hydrogen) atoms. The molecule has 0 atom stereocenters. The molecule has 0 radical (unpaired) electrons. The van der Waals surface area contributed by atoms with E-state index in [0.717, 1.165) is 13.1 Å². The molecular weight excluding hydrogens is 148 g/mol. The Hall–Kier alpha value is -0.0800. The summed E-state index contributed by atoms with van der Waals surface area (Å²) < 4.78 is 0. The second-order valence-electron chi connectivity index (χ2n) is 3.92. The van der Waals surface area contributed by atoms with E-state index in [1.165, 1.54) is 6.42 Å². The van der Waals surface area contributed by atoms with Crippen molar-refractivity contribution in [3.63, 3.8) is 0 Å². The van der Waals surface area contributed by atoms with E-state index in [9.17, 15) is 0 Å². The molecule has 0 spiro atoms. The van der Waals surface area contributed by atoms with Gasteiger partial charge in [0, 0.05) is 0 Å². The van der Waals surface area contributed by atoms with Crippen LogP contribution in [0.1, 0.15) is 34.1 Å². The minimum absolute atomic E-state index is 0.310. The summed E-state index contributed by atoms with van der Waals surface area (Å²) in [5.41, 5.74) is 5.88. The van der Waals surface area contributed by atoms with Crippen LogP contribution in [0.5, 0.6) is 0 Å². The van der Waals surface area contributed by atoms with Gasteiger partial charge in [-0.25, -0.2) is 0 Å². The fourth-order valence-corrected chi connectivity index (χ4v) is 0.628. The molecule has 0 rings (SSSR count). The van der Waals surface area contributed by atoms with Crippen LogP contribution in [0, 0.1) is 5.41 Å². The minimum Gasteiger partial charge on any atom is -0.330 e. The maximum atomic E-state index is 5.57. The summed E-state index contributed by atoms with van der Waals surface area (Å²) in [5, 5.41) is 0. The van der Waals surface area contributed by atoms with E-state index in [2.05, 4.69) is 32.8 Å². The molecular formula is C10H26N2. The van der Waals surface area contributed by atoms with Crippen molar-refractivity contribution < 1.29 is 0 Å². The van der Waals surface area contributed by atoms with Crippen LogP contribution in [0.15, 0.2) is 0 Å². The van der Waals surface area contributed by atoms with Gasteiger partial charge in [-0.15, -0.1) is 0 Å². The Morgan fingerprint density at radius 1 is 1.17 bits per heavy atom. The van der Waals surface area contributed by atoms with Gasteiger partial charge in [-0.1, -0.05) is 27.7 Å². The normalized spacial score (nSPS) is 11.0. The van der Waals surface area contributed by atoms with Crippen molar-refractivity contribution in [3.05, 3.63) is 0 Å². The fraction of sp³-hybridized carbons (Fsp3) is 1.00. The van der Waals surface area contributed by atoms with Crippen LogP contribution in [-0.2, 0) is 0 Å². The lowest BCUT2D eigenvalue weighted by atomic mass is 9.89. The second kappa shape index (κ2) is 7.56. The lowest BCUT2D eigenvalue weighted by Crippen LogP contribution is -2.28. The zero-order valence-corrected chi connectivity index (χ0v) is 9.65. The molecule has 0 aromatic carbocycles. The number of rotatable bonds is 4. The van der Waals surface area contributed by atoms with E-state index in [-0.39, 0.29) is 0 Å². The standard InChI is InChI=1S/C8H20N2.C2H6/c1-8(2,7-9)5-6-10(3)4;1-2/h5-7,9H2,1-4H3;1-2H3. The van der Waals surface area contributed by atoms with Crippen LogP contribution in [0.3, 0.4) is 0 Å². The molecule has 2 N–H and O–H groups in total. The summed E-state index contributed by atoms with van der Waals surface area (Å²) in [6.45, 7) is 10.3. The SMILES string of the molecule is CC.CN(C)CCC(C)(C)CN. The Morgan fingerprint density at radius 2 is 1.58 bits per heavy atom. The Morgan fingerprint density at radius 3 is 1.83 bits per heavy atom. The van der Waals surface area contributed by atoms with Gasteiger partial charge in [0.05, 0.1) is 0 Å². The van der Waals surface area contributed by atoms with E-state index in [1.807, 2.05) is 13.8 Å². The van der Waals surface area contributed by atoms with Crippen molar-refractivity contribution in [2.45, 2.75) is 34.1 Å². The van der Waals surface area contributed by atoms with Gasteiger partial charge < -0.3 is 10.6 Å². The Balaban J connectivity index is 0. The monoisotopic (exact) mass is 174 g/mol. The number of nitrogens with zero attached hydrogens (tertiary/aromatic N) is 1. The first-order valence-electron chi connectivity index (χ1n) is 4.83. The van der Waals surface area contributed by atoms with Gasteiger partial charge in [-0.05, 0) is 39.0 Å². The summed E-state index contributed by atoms with van der Waals surface area (Å²) >= 11 is 0. The van der Waals surface area contributed by atoms with E-state index in [0.29, 0.717) is 5.41 Å². The first kappa shape index (κ1) is 14.4. The molecule has 0 unspecified atom stereocenters. The van der Waals surface area contributed by atoms with Crippen LogP contribution < -0.4 is 5.73 Å². The van der Waals surface area contributed by atoms with Gasteiger partial charge in [-0.2, -0.15) is 0 Å². The smallest absolute Gasteiger partial charge is 0.00193 e. The van der Waals surface area contributed by atoms with Gasteiger partial charge in [0.25, 0.3) is 0 Å². The molecule has 0 bridgehead atoms. The molecule has 0 aliphatic rings. The molecule has 2 heteroatoms. The zero-order chi connectivity index (χ0) is 10.2. The van der Waals surface area contributed by atoms with Gasteiger partial charge >= 0.3 is 0 Å². The van der Waals surface area contributed by atoms with Crippen LogP contribution >= 0.6 is 0 Å². The molecule has 0 aromatic rings. The fourth-order valence-electron chi connectivity index (χ4n) is 0.628. The topological polar surface area (TPSA) is 29.3 Å². The maximum Gasteiger partial charge on any atom is -0.00193 e. The Kier molecular flexibility index (Phi) is 9.10. The number of hydrogen-bond donors (Lipinski definition) is 1. The van der Waals surface area contributed by atoms with Crippen LogP contribution in [0.4, 0.5) is 0 Å². The van der Waals surface area contributed by atoms with Crippen molar-refractivity contribution in [2.24, 2.45) is 11.1 Å². The molecule has 0 fully saturated rings. The van der Waals surface area contributed by atoms with Crippen LogP contribution in [0.25, 0.3) is 0 Å². The largest absolute Gasteiger partial charge is 0.330 e. The van der Waals surface area contributed by atoms with Gasteiger partial charge in [-0.3, -0.25) is 0 Å². The first-order valence-corrected chi connectivity index (χ1v) is 4.83. The Bertz CT molecular complexity index is 87.8. The molecule has 0 aromatic heterocycles. The predicted molar refractivity (Wildman–Crippen MR) is 57.4 cm³/mol. The lowest BCUT2D eigenvalue weighted by molar-refractivity contribution is 0.282. The minimum atomic E-state index is 0.310. The highest BCUT2D eigenvalue weighted by molar-refractivity contribution is 4.69. The summed E-state index contributed by atoms with van der Waals surface area (Å²) in [7, 11) is 4.18. The lowest BCUT2D eigenvalue weighted by Gasteiger charge is -2.23. The average molecular weight is 174 g/mol. The Labute approximate surface area is 78.1 Å². The molecule has 0 aliphatic heterocycles. The highest BCUT2D eigenvalue weighted by Crippen LogP contribution is 2.17. The maximum absolute atomic E-state index is 5.57. The van der Waals surface area contributed by atoms with Crippen molar-refractivity contribution >= 4 is 0 Å². The molecule has 0 aliphatic carbocycles. The quantitative estimate of drug-likeness (QED) is 0.706. The van der Waals surface area contributed by atoms with Gasteiger partial charge in [0.1, 0.15) is 0 Å². The molecule has 2 nitrogen and oxygen atoms in total. The van der Waals surface area contributed by atoms with Crippen molar-refractivity contribution in [2.75, 3.05) is 27.2 Å². The summed E-state index contributed by atoms with van der Waals surface area (Å²) in [5.74, 6) is 0. The number of hydrogen-bond acceptors (Lipinski definition) is 2. The van der Waals surface area contributed by atoms with E-state index >= 15 is 0 Å². The van der Waals surface area contributed by atoms with E-state index in [1.54, 1.807) is 0 Å². The molecule has 0 saturated carbocycles. The van der Waals surface area contributed by atoms with Crippen LogP contribution in [-0.4, -0.2) is 32.1 Å². The third-order valence-corrected chi connectivity index (χ3v) is 1.79.